The van der Waals surface area contributed by atoms with Crippen molar-refractivity contribution in [2.24, 2.45) is 0 Å². The molecule has 1 heterocycles. The van der Waals surface area contributed by atoms with Crippen LogP contribution in [0.4, 0.5) is 9.18 Å². The van der Waals surface area contributed by atoms with Crippen molar-refractivity contribution in [3.8, 4) is 11.5 Å². The van der Waals surface area contributed by atoms with Crippen LogP contribution in [0.3, 0.4) is 0 Å². The fraction of sp³-hybridized carbons (Fsp3) is 0.217. The number of aryl methyl sites for hydroxylation is 1. The Labute approximate surface area is 189 Å². The van der Waals surface area contributed by atoms with Gasteiger partial charge in [0.1, 0.15) is 22.3 Å². The maximum absolute atomic E-state index is 13.4. The Balaban J connectivity index is 1.78. The first kappa shape index (κ1) is 23.1. The molecule has 3 aromatic rings. The van der Waals surface area contributed by atoms with E-state index in [0.717, 1.165) is 10.5 Å². The minimum atomic E-state index is -1.26. The van der Waals surface area contributed by atoms with E-state index in [2.05, 4.69) is 0 Å². The monoisotopic (exact) mass is 460 g/mol. The molecule has 0 radical (unpaired) electrons. The smallest absolute Gasteiger partial charge is 0.410 e. The van der Waals surface area contributed by atoms with Crippen LogP contribution in [0, 0.1) is 12.7 Å². The lowest BCUT2D eigenvalue weighted by Gasteiger charge is -2.21. The Bertz CT molecular complexity index is 1180. The minimum absolute atomic E-state index is 0.0709. The lowest BCUT2D eigenvalue weighted by atomic mass is 10.2. The number of amides is 1. The third-order valence-electron chi connectivity index (χ3n) is 4.80. The molecule has 0 bridgehead atoms. The van der Waals surface area contributed by atoms with Gasteiger partial charge in [0.2, 0.25) is 0 Å². The van der Waals surface area contributed by atoms with E-state index in [9.17, 15) is 19.1 Å². The van der Waals surface area contributed by atoms with Gasteiger partial charge in [-0.25, -0.2) is 9.18 Å². The van der Waals surface area contributed by atoms with Crippen LogP contribution in [0.25, 0.3) is 0 Å². The molecule has 0 saturated carbocycles. The second-order valence-electron chi connectivity index (χ2n) is 7.09. The summed E-state index contributed by atoms with van der Waals surface area (Å²) in [7, 11) is 1.56. The van der Waals surface area contributed by atoms with E-state index in [-0.39, 0.29) is 30.6 Å². The van der Waals surface area contributed by atoms with Gasteiger partial charge in [-0.1, -0.05) is 35.9 Å². The number of carboxylic acid groups (broad SMARTS) is 1. The molecule has 9 heteroatoms. The quantitative estimate of drug-likeness (QED) is 0.500. The molecule has 0 spiro atoms. The molecule has 0 aliphatic heterocycles. The first-order valence-electron chi connectivity index (χ1n) is 9.66. The number of nitrogens with zero attached hydrogens (tertiary/aromatic N) is 2. The molecule has 3 rings (SSSR count). The van der Waals surface area contributed by atoms with Gasteiger partial charge in [-0.05, 0) is 42.3 Å². The first-order chi connectivity index (χ1) is 15.3. The molecular formula is C23H22ClFN2O5. The highest BCUT2D eigenvalue weighted by Crippen LogP contribution is 2.23. The van der Waals surface area contributed by atoms with Gasteiger partial charge in [0.15, 0.2) is 6.73 Å². The predicted octanol–water partition coefficient (Wildman–Crippen LogP) is 4.52. The topological polar surface area (TPSA) is 81.0 Å². The van der Waals surface area contributed by atoms with E-state index in [4.69, 9.17) is 21.1 Å². The van der Waals surface area contributed by atoms with Crippen LogP contribution in [0.1, 0.15) is 16.8 Å². The van der Waals surface area contributed by atoms with Crippen LogP contribution in [-0.2, 0) is 13.1 Å². The molecule has 0 aliphatic rings. The summed E-state index contributed by atoms with van der Waals surface area (Å²) in [6.45, 7) is 1.54. The Kier molecular flexibility index (Phi) is 7.37. The Morgan fingerprint density at radius 1 is 1.16 bits per heavy atom. The number of methoxy groups -OCH3 is 1. The number of pyridine rings is 1. The molecule has 0 fully saturated rings. The summed E-state index contributed by atoms with van der Waals surface area (Å²) in [6, 6.07) is 14.5. The number of halogens is 2. The maximum Gasteiger partial charge on any atom is 0.410 e. The average molecular weight is 461 g/mol. The molecule has 32 heavy (non-hydrogen) atoms. The summed E-state index contributed by atoms with van der Waals surface area (Å²) < 4.78 is 25.6. The summed E-state index contributed by atoms with van der Waals surface area (Å²) in [4.78, 5) is 25.4. The van der Waals surface area contributed by atoms with Gasteiger partial charge in [0, 0.05) is 11.8 Å². The molecule has 0 atom stereocenters. The summed E-state index contributed by atoms with van der Waals surface area (Å²) in [5.41, 5.74) is 1.44. The van der Waals surface area contributed by atoms with Crippen LogP contribution >= 0.6 is 11.6 Å². The largest absolute Gasteiger partial charge is 0.497 e. The predicted molar refractivity (Wildman–Crippen MR) is 118 cm³/mol. The SMILES string of the molecule is COc1cccc(Cn2c(C)cc(OCN(Cc3cccc(F)c3)C(=O)O)c(Cl)c2=O)c1. The fourth-order valence-electron chi connectivity index (χ4n) is 3.14. The number of carbonyl (C=O) groups is 1. The Morgan fingerprint density at radius 3 is 2.56 bits per heavy atom. The maximum atomic E-state index is 13.4. The normalized spacial score (nSPS) is 10.6. The van der Waals surface area contributed by atoms with Gasteiger partial charge in [-0.15, -0.1) is 0 Å². The van der Waals surface area contributed by atoms with E-state index in [0.29, 0.717) is 17.0 Å². The third kappa shape index (κ3) is 5.59. The van der Waals surface area contributed by atoms with Gasteiger partial charge in [-0.3, -0.25) is 9.69 Å². The van der Waals surface area contributed by atoms with Gasteiger partial charge in [0.05, 0.1) is 20.2 Å². The summed E-state index contributed by atoms with van der Waals surface area (Å²) >= 11 is 6.24. The zero-order valence-electron chi connectivity index (χ0n) is 17.5. The van der Waals surface area contributed by atoms with Gasteiger partial charge in [0.25, 0.3) is 5.56 Å². The molecule has 0 unspecified atom stereocenters. The highest BCUT2D eigenvalue weighted by atomic mass is 35.5. The van der Waals surface area contributed by atoms with Gasteiger partial charge < -0.3 is 19.1 Å². The van der Waals surface area contributed by atoms with E-state index in [1.165, 1.54) is 22.8 Å². The van der Waals surface area contributed by atoms with E-state index in [1.54, 1.807) is 32.2 Å². The van der Waals surface area contributed by atoms with Crippen molar-refractivity contribution < 1.29 is 23.8 Å². The Hall–Kier alpha value is -3.52. The van der Waals surface area contributed by atoms with Gasteiger partial charge in [-0.2, -0.15) is 0 Å². The van der Waals surface area contributed by atoms with Crippen molar-refractivity contribution in [2.45, 2.75) is 20.0 Å². The summed E-state index contributed by atoms with van der Waals surface area (Å²) in [5.74, 6) is 0.278. The number of aromatic nitrogens is 1. The molecular weight excluding hydrogens is 439 g/mol. The lowest BCUT2D eigenvalue weighted by Crippen LogP contribution is -2.33. The zero-order chi connectivity index (χ0) is 23.3. The molecule has 1 amide bonds. The average Bonchev–Trinajstić information content (AvgIpc) is 2.77. The zero-order valence-corrected chi connectivity index (χ0v) is 18.3. The second kappa shape index (κ2) is 10.2. The van der Waals surface area contributed by atoms with E-state index < -0.39 is 17.5 Å². The van der Waals surface area contributed by atoms with Crippen molar-refractivity contribution in [1.29, 1.82) is 0 Å². The van der Waals surface area contributed by atoms with Crippen LogP contribution in [0.2, 0.25) is 5.02 Å². The van der Waals surface area contributed by atoms with Crippen LogP contribution in [0.15, 0.2) is 59.4 Å². The first-order valence-corrected chi connectivity index (χ1v) is 10.0. The standard InChI is InChI=1S/C23H22ClFN2O5/c1-15-9-20(32-14-26(23(29)30)12-16-5-3-7-18(25)10-16)21(24)22(28)27(15)13-17-6-4-8-19(11-17)31-2/h3-11H,12-14H2,1-2H3,(H,29,30). The third-order valence-corrected chi connectivity index (χ3v) is 5.15. The molecule has 2 aromatic carbocycles. The molecule has 1 aromatic heterocycles. The Morgan fingerprint density at radius 2 is 1.88 bits per heavy atom. The number of benzene rings is 2. The highest BCUT2D eigenvalue weighted by Gasteiger charge is 2.17. The second-order valence-corrected chi connectivity index (χ2v) is 7.47. The molecule has 0 aliphatic carbocycles. The molecule has 0 saturated heterocycles. The number of hydrogen-bond donors (Lipinski definition) is 1. The minimum Gasteiger partial charge on any atom is -0.497 e. The van der Waals surface area contributed by atoms with Crippen molar-refractivity contribution in [2.75, 3.05) is 13.8 Å². The van der Waals surface area contributed by atoms with E-state index in [1.807, 2.05) is 18.2 Å². The number of ether oxygens (including phenoxy) is 2. The van der Waals surface area contributed by atoms with E-state index >= 15 is 0 Å². The van der Waals surface area contributed by atoms with Crippen molar-refractivity contribution >= 4 is 17.7 Å². The van der Waals surface area contributed by atoms with Crippen LogP contribution in [0.5, 0.6) is 11.5 Å². The molecule has 1 N–H and O–H groups in total. The molecule has 168 valence electrons. The lowest BCUT2D eigenvalue weighted by molar-refractivity contribution is 0.0946. The number of rotatable bonds is 8. The van der Waals surface area contributed by atoms with Crippen LogP contribution in [-0.4, -0.2) is 34.5 Å². The van der Waals surface area contributed by atoms with Crippen molar-refractivity contribution in [3.63, 3.8) is 0 Å². The summed E-state index contributed by atoms with van der Waals surface area (Å²) in [6.07, 6.45) is -1.26. The highest BCUT2D eigenvalue weighted by molar-refractivity contribution is 6.31. The number of hydrogen-bond acceptors (Lipinski definition) is 4. The van der Waals surface area contributed by atoms with Gasteiger partial charge >= 0.3 is 6.09 Å². The van der Waals surface area contributed by atoms with Crippen molar-refractivity contribution in [3.05, 3.63) is 92.6 Å². The fourth-order valence-corrected chi connectivity index (χ4v) is 3.35. The van der Waals surface area contributed by atoms with Crippen molar-refractivity contribution in [1.82, 2.24) is 9.47 Å². The molecule has 7 nitrogen and oxygen atoms in total. The van der Waals surface area contributed by atoms with Crippen LogP contribution < -0.4 is 15.0 Å². The summed E-state index contributed by atoms with van der Waals surface area (Å²) in [5, 5.41) is 9.30.